The molecule has 0 aromatic carbocycles. The second-order valence-electron chi connectivity index (χ2n) is 5.44. The number of anilines is 1. The fourth-order valence-electron chi connectivity index (χ4n) is 3.01. The van der Waals surface area contributed by atoms with Crippen LogP contribution in [-0.2, 0) is 4.74 Å². The van der Waals surface area contributed by atoms with Crippen LogP contribution in [0.3, 0.4) is 0 Å². The smallest absolute Gasteiger partial charge is 0.313 e. The third-order valence-electron chi connectivity index (χ3n) is 4.08. The van der Waals surface area contributed by atoms with E-state index < -0.39 is 11.0 Å². The number of pyridine rings is 1. The van der Waals surface area contributed by atoms with Crippen molar-refractivity contribution in [2.45, 2.75) is 12.1 Å². The monoisotopic (exact) mass is 328 g/mol. The number of aliphatic hydroxyl groups is 1. The van der Waals surface area contributed by atoms with Gasteiger partial charge >= 0.3 is 5.69 Å². The fourth-order valence-corrected chi connectivity index (χ4v) is 3.16. The minimum absolute atomic E-state index is 0.0685. The topological polar surface area (TPSA) is 92.0 Å². The zero-order valence-electron chi connectivity index (χ0n) is 11.9. The summed E-state index contributed by atoms with van der Waals surface area (Å²) in [6.45, 7) is 3.61. The van der Waals surface area contributed by atoms with E-state index in [4.69, 9.17) is 16.3 Å². The zero-order chi connectivity index (χ0) is 15.7. The first-order chi connectivity index (χ1) is 10.6. The molecule has 1 aromatic heterocycles. The Balaban J connectivity index is 1.80. The number of ether oxygens (including phenoxy) is 1. The summed E-state index contributed by atoms with van der Waals surface area (Å²) >= 11 is 5.79. The average molecular weight is 329 g/mol. The molecule has 22 heavy (non-hydrogen) atoms. The highest BCUT2D eigenvalue weighted by Crippen LogP contribution is 2.31. The molecule has 0 unspecified atom stereocenters. The van der Waals surface area contributed by atoms with Gasteiger partial charge in [-0.15, -0.1) is 0 Å². The van der Waals surface area contributed by atoms with Gasteiger partial charge in [0, 0.05) is 38.4 Å². The van der Waals surface area contributed by atoms with Crippen molar-refractivity contribution in [2.24, 2.45) is 0 Å². The van der Waals surface area contributed by atoms with Crippen LogP contribution in [0, 0.1) is 10.1 Å². The lowest BCUT2D eigenvalue weighted by atomic mass is 10.2. The van der Waals surface area contributed by atoms with E-state index in [2.05, 4.69) is 9.88 Å². The molecule has 1 aromatic rings. The Morgan fingerprint density at radius 1 is 1.41 bits per heavy atom. The van der Waals surface area contributed by atoms with Crippen LogP contribution in [0.15, 0.2) is 12.3 Å². The van der Waals surface area contributed by atoms with Gasteiger partial charge in [0.2, 0.25) is 5.82 Å². The Labute approximate surface area is 132 Å². The first-order valence-corrected chi connectivity index (χ1v) is 7.49. The van der Waals surface area contributed by atoms with E-state index in [0.29, 0.717) is 26.3 Å². The normalized spacial score (nSPS) is 26.4. The van der Waals surface area contributed by atoms with Crippen LogP contribution >= 0.6 is 11.6 Å². The summed E-state index contributed by atoms with van der Waals surface area (Å²) in [6, 6.07) is 1.22. The third-order valence-corrected chi connectivity index (χ3v) is 4.29. The van der Waals surface area contributed by atoms with Crippen LogP contribution in [0.2, 0.25) is 5.02 Å². The minimum Gasteiger partial charge on any atom is -0.390 e. The van der Waals surface area contributed by atoms with E-state index in [1.807, 2.05) is 0 Å². The van der Waals surface area contributed by atoms with Gasteiger partial charge in [-0.3, -0.25) is 15.0 Å². The van der Waals surface area contributed by atoms with Crippen molar-refractivity contribution in [3.8, 4) is 0 Å². The SMILES string of the molecule is O=[N+]([O-])c1cc(Cl)cnc1N1C[C@@H](O)[C@H](N2CCOCC2)C1. The zero-order valence-corrected chi connectivity index (χ0v) is 12.6. The first-order valence-electron chi connectivity index (χ1n) is 7.11. The standard InChI is InChI=1S/C13H17ClN4O4/c14-9-5-10(18(20)21)13(15-6-9)17-7-11(12(19)8-17)16-1-3-22-4-2-16/h5-6,11-12,19H,1-4,7-8H2/t11-,12-/m1/s1. The van der Waals surface area contributed by atoms with Crippen molar-refractivity contribution in [1.29, 1.82) is 0 Å². The van der Waals surface area contributed by atoms with Crippen molar-refractivity contribution in [3.63, 3.8) is 0 Å². The maximum atomic E-state index is 11.2. The van der Waals surface area contributed by atoms with E-state index in [0.717, 1.165) is 13.1 Å². The number of β-amino-alcohol motifs (C(OH)–C–C–N with tert-alkyl or cyclic N) is 1. The van der Waals surface area contributed by atoms with Gasteiger partial charge in [-0.05, 0) is 0 Å². The van der Waals surface area contributed by atoms with Crippen LogP contribution in [0.1, 0.15) is 0 Å². The number of aliphatic hydroxyl groups excluding tert-OH is 1. The molecule has 120 valence electrons. The molecule has 9 heteroatoms. The molecule has 2 aliphatic rings. The van der Waals surface area contributed by atoms with Gasteiger partial charge in [0.15, 0.2) is 0 Å². The molecular formula is C13H17ClN4O4. The Bertz CT molecular complexity index is 567. The predicted octanol–water partition coefficient (Wildman–Crippen LogP) is 0.525. The highest BCUT2D eigenvalue weighted by molar-refractivity contribution is 6.30. The highest BCUT2D eigenvalue weighted by atomic mass is 35.5. The minimum atomic E-state index is -0.574. The van der Waals surface area contributed by atoms with Gasteiger partial charge in [0.05, 0.1) is 35.3 Å². The van der Waals surface area contributed by atoms with Crippen LogP contribution in [0.4, 0.5) is 11.5 Å². The molecule has 0 amide bonds. The summed E-state index contributed by atoms with van der Waals surface area (Å²) in [7, 11) is 0. The molecule has 0 aliphatic carbocycles. The predicted molar refractivity (Wildman–Crippen MR) is 80.3 cm³/mol. The molecule has 0 spiro atoms. The van der Waals surface area contributed by atoms with E-state index in [1.165, 1.54) is 12.3 Å². The lowest BCUT2D eigenvalue weighted by molar-refractivity contribution is -0.384. The lowest BCUT2D eigenvalue weighted by Gasteiger charge is -2.33. The number of rotatable bonds is 3. The van der Waals surface area contributed by atoms with Gasteiger partial charge in [-0.1, -0.05) is 11.6 Å². The quantitative estimate of drug-likeness (QED) is 0.639. The number of nitro groups is 1. The molecular weight excluding hydrogens is 312 g/mol. The van der Waals surface area contributed by atoms with E-state index in [1.54, 1.807) is 4.90 Å². The summed E-state index contributed by atoms with van der Waals surface area (Å²) < 4.78 is 5.32. The van der Waals surface area contributed by atoms with Crippen molar-refractivity contribution in [1.82, 2.24) is 9.88 Å². The number of hydrogen-bond donors (Lipinski definition) is 1. The molecule has 8 nitrogen and oxygen atoms in total. The molecule has 2 atom stereocenters. The molecule has 1 N–H and O–H groups in total. The van der Waals surface area contributed by atoms with Crippen molar-refractivity contribution < 1.29 is 14.8 Å². The first kappa shape index (κ1) is 15.4. The molecule has 3 heterocycles. The molecule has 0 bridgehead atoms. The molecule has 2 saturated heterocycles. The van der Waals surface area contributed by atoms with Gasteiger partial charge in [0.1, 0.15) is 0 Å². The van der Waals surface area contributed by atoms with Crippen molar-refractivity contribution >= 4 is 23.1 Å². The molecule has 0 saturated carbocycles. The van der Waals surface area contributed by atoms with Crippen LogP contribution in [-0.4, -0.2) is 71.5 Å². The number of aromatic nitrogens is 1. The number of halogens is 1. The average Bonchev–Trinajstić information content (AvgIpc) is 2.89. The summed E-state index contributed by atoms with van der Waals surface area (Å²) in [5.74, 6) is 0.254. The van der Waals surface area contributed by atoms with Crippen molar-refractivity contribution in [2.75, 3.05) is 44.3 Å². The maximum Gasteiger partial charge on any atom is 0.313 e. The van der Waals surface area contributed by atoms with Crippen LogP contribution in [0.5, 0.6) is 0 Å². The van der Waals surface area contributed by atoms with E-state index in [9.17, 15) is 15.2 Å². The number of hydrogen-bond acceptors (Lipinski definition) is 7. The molecule has 2 fully saturated rings. The molecule has 2 aliphatic heterocycles. The third kappa shape index (κ3) is 3.00. The summed E-state index contributed by atoms with van der Waals surface area (Å²) in [5, 5.41) is 21.7. The number of morpholine rings is 1. The summed E-state index contributed by atoms with van der Waals surface area (Å²) in [6.07, 6.45) is 0.813. The Morgan fingerprint density at radius 3 is 2.82 bits per heavy atom. The number of nitrogens with zero attached hydrogens (tertiary/aromatic N) is 4. The largest absolute Gasteiger partial charge is 0.390 e. The summed E-state index contributed by atoms with van der Waals surface area (Å²) in [5.41, 5.74) is -0.137. The van der Waals surface area contributed by atoms with E-state index >= 15 is 0 Å². The van der Waals surface area contributed by atoms with Gasteiger partial charge < -0.3 is 14.7 Å². The van der Waals surface area contributed by atoms with Gasteiger partial charge in [0.25, 0.3) is 0 Å². The van der Waals surface area contributed by atoms with Crippen LogP contribution < -0.4 is 4.90 Å². The van der Waals surface area contributed by atoms with Crippen molar-refractivity contribution in [3.05, 3.63) is 27.4 Å². The second kappa shape index (κ2) is 6.33. The van der Waals surface area contributed by atoms with E-state index in [-0.39, 0.29) is 22.6 Å². The molecule has 3 rings (SSSR count). The second-order valence-corrected chi connectivity index (χ2v) is 5.88. The van der Waals surface area contributed by atoms with Gasteiger partial charge in [-0.2, -0.15) is 0 Å². The Kier molecular flexibility index (Phi) is 4.44. The fraction of sp³-hybridized carbons (Fsp3) is 0.615. The summed E-state index contributed by atoms with van der Waals surface area (Å²) in [4.78, 5) is 18.7. The molecule has 0 radical (unpaired) electrons. The van der Waals surface area contributed by atoms with Crippen LogP contribution in [0.25, 0.3) is 0 Å². The maximum absolute atomic E-state index is 11.2. The van der Waals surface area contributed by atoms with Gasteiger partial charge in [-0.25, -0.2) is 4.98 Å². The highest BCUT2D eigenvalue weighted by Gasteiger charge is 2.38. The lowest BCUT2D eigenvalue weighted by Crippen LogP contribution is -2.48. The Hall–Kier alpha value is -1.48. The Morgan fingerprint density at radius 2 is 2.14 bits per heavy atom.